The molecular weight excluding hydrogens is 396 g/mol. The summed E-state index contributed by atoms with van der Waals surface area (Å²) in [5.74, 6) is 1.12. The number of benzene rings is 1. The molecule has 3 aromatic rings. The Labute approximate surface area is 160 Å². The number of hydrogen-bond acceptors (Lipinski definition) is 4. The monoisotopic (exact) mass is 414 g/mol. The lowest BCUT2D eigenvalue weighted by Crippen LogP contribution is -2.31. The van der Waals surface area contributed by atoms with Crippen LogP contribution in [0.2, 0.25) is 0 Å². The molecule has 2 aromatic heterocycles. The van der Waals surface area contributed by atoms with E-state index in [1.807, 2.05) is 54.8 Å². The zero-order valence-corrected chi connectivity index (χ0v) is 16.3. The zero-order valence-electron chi connectivity index (χ0n) is 14.7. The molecule has 7 nitrogen and oxygen atoms in total. The summed E-state index contributed by atoms with van der Waals surface area (Å²) >= 11 is 3.39. The molecule has 0 saturated carbocycles. The van der Waals surface area contributed by atoms with Gasteiger partial charge >= 0.3 is 6.03 Å². The second-order valence-electron chi connectivity index (χ2n) is 6.03. The predicted octanol–water partition coefficient (Wildman–Crippen LogP) is 4.35. The summed E-state index contributed by atoms with van der Waals surface area (Å²) < 4.78 is 2.89. The van der Waals surface area contributed by atoms with Crippen LogP contribution in [0.1, 0.15) is 19.9 Å². The topological polar surface area (TPSA) is 75.9 Å². The number of nitrogens with one attached hydrogen (secondary N) is 1. The highest BCUT2D eigenvalue weighted by Gasteiger charge is 2.14. The molecule has 0 bridgehead atoms. The molecule has 0 radical (unpaired) electrons. The van der Waals surface area contributed by atoms with E-state index in [9.17, 15) is 4.79 Å². The van der Waals surface area contributed by atoms with Crippen molar-refractivity contribution in [1.82, 2.24) is 19.7 Å². The molecule has 0 unspecified atom stereocenters. The van der Waals surface area contributed by atoms with E-state index in [0.717, 1.165) is 10.2 Å². The van der Waals surface area contributed by atoms with Crippen LogP contribution in [0, 0.1) is 0 Å². The Balaban J connectivity index is 1.79. The lowest BCUT2D eigenvalue weighted by molar-refractivity contribution is 0.258. The van der Waals surface area contributed by atoms with Gasteiger partial charge in [-0.25, -0.2) is 9.78 Å². The van der Waals surface area contributed by atoms with E-state index in [2.05, 4.69) is 36.4 Å². The molecule has 0 atom stereocenters. The Morgan fingerprint density at radius 1 is 1.19 bits per heavy atom. The van der Waals surface area contributed by atoms with Gasteiger partial charge in [0, 0.05) is 23.2 Å². The third-order valence-corrected chi connectivity index (χ3v) is 4.39. The first-order valence-corrected chi connectivity index (χ1v) is 8.92. The summed E-state index contributed by atoms with van der Waals surface area (Å²) in [7, 11) is 1.71. The van der Waals surface area contributed by atoms with Gasteiger partial charge < -0.3 is 4.57 Å². The van der Waals surface area contributed by atoms with Crippen molar-refractivity contribution < 1.29 is 4.79 Å². The number of urea groups is 1. The molecule has 0 aliphatic heterocycles. The summed E-state index contributed by atoms with van der Waals surface area (Å²) in [6, 6.07) is 12.8. The van der Waals surface area contributed by atoms with Gasteiger partial charge in [0.2, 0.25) is 0 Å². The first-order chi connectivity index (χ1) is 12.5. The average molecular weight is 415 g/mol. The molecule has 2 heterocycles. The van der Waals surface area contributed by atoms with Crippen molar-refractivity contribution in [3.63, 3.8) is 0 Å². The third kappa shape index (κ3) is 3.91. The van der Waals surface area contributed by atoms with Gasteiger partial charge in [-0.1, -0.05) is 22.0 Å². The second-order valence-corrected chi connectivity index (χ2v) is 6.94. The Kier molecular flexibility index (Phi) is 5.32. The van der Waals surface area contributed by atoms with E-state index in [0.29, 0.717) is 17.3 Å². The largest absolute Gasteiger partial charge is 0.327 e. The second kappa shape index (κ2) is 7.65. The maximum absolute atomic E-state index is 12.5. The SMILES string of the molecule is CC(C)n1cnnc1-c1cccc(NC(=O)N(C)c2ccc(Br)cc2)n1. The van der Waals surface area contributed by atoms with Crippen LogP contribution in [0.25, 0.3) is 11.5 Å². The van der Waals surface area contributed by atoms with E-state index < -0.39 is 0 Å². The molecule has 1 N–H and O–H groups in total. The number of anilines is 2. The molecule has 0 fully saturated rings. The van der Waals surface area contributed by atoms with Crippen LogP contribution in [0.5, 0.6) is 0 Å². The summed E-state index contributed by atoms with van der Waals surface area (Å²) in [5.41, 5.74) is 1.43. The first kappa shape index (κ1) is 18.1. The summed E-state index contributed by atoms with van der Waals surface area (Å²) in [6.45, 7) is 4.09. The number of carbonyl (C=O) groups excluding carboxylic acids is 1. The Morgan fingerprint density at radius 2 is 1.92 bits per heavy atom. The highest BCUT2D eigenvalue weighted by Crippen LogP contribution is 2.21. The van der Waals surface area contributed by atoms with E-state index >= 15 is 0 Å². The molecule has 1 aromatic carbocycles. The van der Waals surface area contributed by atoms with Gasteiger partial charge in [-0.15, -0.1) is 10.2 Å². The van der Waals surface area contributed by atoms with Crippen LogP contribution in [0.3, 0.4) is 0 Å². The summed E-state index contributed by atoms with van der Waals surface area (Å²) in [4.78, 5) is 18.5. The zero-order chi connectivity index (χ0) is 18.7. The van der Waals surface area contributed by atoms with Crippen molar-refractivity contribution in [3.8, 4) is 11.5 Å². The molecule has 8 heteroatoms. The number of halogens is 1. The van der Waals surface area contributed by atoms with Gasteiger partial charge in [0.15, 0.2) is 5.82 Å². The maximum Gasteiger partial charge on any atom is 0.327 e. The fraction of sp³-hybridized carbons (Fsp3) is 0.222. The van der Waals surface area contributed by atoms with Crippen LogP contribution in [0.4, 0.5) is 16.3 Å². The molecular formula is C18H19BrN6O. The van der Waals surface area contributed by atoms with Gasteiger partial charge in [-0.3, -0.25) is 10.2 Å². The van der Waals surface area contributed by atoms with Crippen molar-refractivity contribution in [1.29, 1.82) is 0 Å². The number of carbonyl (C=O) groups is 1. The number of hydrogen-bond donors (Lipinski definition) is 1. The normalized spacial score (nSPS) is 10.8. The van der Waals surface area contributed by atoms with Gasteiger partial charge in [0.05, 0.1) is 0 Å². The molecule has 0 spiro atoms. The smallest absolute Gasteiger partial charge is 0.310 e. The predicted molar refractivity (Wildman–Crippen MR) is 105 cm³/mol. The van der Waals surface area contributed by atoms with Crippen LogP contribution in [-0.2, 0) is 0 Å². The van der Waals surface area contributed by atoms with Gasteiger partial charge in [-0.05, 0) is 50.2 Å². The van der Waals surface area contributed by atoms with Gasteiger partial charge in [0.25, 0.3) is 0 Å². The number of pyridine rings is 1. The van der Waals surface area contributed by atoms with Crippen molar-refractivity contribution in [2.75, 3.05) is 17.3 Å². The molecule has 3 rings (SSSR count). The first-order valence-electron chi connectivity index (χ1n) is 8.13. The van der Waals surface area contributed by atoms with Crippen molar-refractivity contribution >= 4 is 33.5 Å². The Hall–Kier alpha value is -2.74. The lowest BCUT2D eigenvalue weighted by atomic mass is 10.3. The Bertz CT molecular complexity index is 906. The fourth-order valence-corrected chi connectivity index (χ4v) is 2.67. The van der Waals surface area contributed by atoms with E-state index in [-0.39, 0.29) is 12.1 Å². The molecule has 0 saturated heterocycles. The van der Waals surface area contributed by atoms with Gasteiger partial charge in [-0.2, -0.15) is 0 Å². The van der Waals surface area contributed by atoms with E-state index in [1.54, 1.807) is 19.4 Å². The Morgan fingerprint density at radius 3 is 2.62 bits per heavy atom. The quantitative estimate of drug-likeness (QED) is 0.688. The lowest BCUT2D eigenvalue weighted by Gasteiger charge is -2.18. The number of nitrogens with zero attached hydrogens (tertiary/aromatic N) is 5. The van der Waals surface area contributed by atoms with E-state index in [1.165, 1.54) is 4.90 Å². The van der Waals surface area contributed by atoms with Crippen LogP contribution in [-0.4, -0.2) is 32.8 Å². The van der Waals surface area contributed by atoms with Crippen molar-refractivity contribution in [3.05, 3.63) is 53.3 Å². The number of aromatic nitrogens is 4. The molecule has 0 aliphatic rings. The summed E-state index contributed by atoms with van der Waals surface area (Å²) in [6.07, 6.45) is 1.67. The molecule has 0 aliphatic carbocycles. The van der Waals surface area contributed by atoms with Gasteiger partial charge in [0.1, 0.15) is 17.8 Å². The average Bonchev–Trinajstić information content (AvgIpc) is 3.12. The molecule has 2 amide bonds. The fourth-order valence-electron chi connectivity index (χ4n) is 2.41. The minimum atomic E-state index is -0.276. The van der Waals surface area contributed by atoms with Crippen molar-refractivity contribution in [2.24, 2.45) is 0 Å². The van der Waals surface area contributed by atoms with Crippen LogP contribution < -0.4 is 10.2 Å². The molecule has 134 valence electrons. The number of rotatable bonds is 4. The maximum atomic E-state index is 12.5. The van der Waals surface area contributed by atoms with Crippen LogP contribution in [0.15, 0.2) is 53.3 Å². The minimum Gasteiger partial charge on any atom is -0.310 e. The highest BCUT2D eigenvalue weighted by molar-refractivity contribution is 9.10. The summed E-state index contributed by atoms with van der Waals surface area (Å²) in [5, 5.41) is 10.9. The highest BCUT2D eigenvalue weighted by atomic mass is 79.9. The third-order valence-electron chi connectivity index (χ3n) is 3.86. The van der Waals surface area contributed by atoms with E-state index in [4.69, 9.17) is 0 Å². The van der Waals surface area contributed by atoms with Crippen molar-refractivity contribution in [2.45, 2.75) is 19.9 Å². The van der Waals surface area contributed by atoms with Crippen LogP contribution >= 0.6 is 15.9 Å². The standard InChI is InChI=1S/C18H19BrN6O/c1-12(2)25-11-20-23-17(25)15-5-4-6-16(21-15)22-18(26)24(3)14-9-7-13(19)8-10-14/h4-12H,1-3H3,(H,21,22,26). The minimum absolute atomic E-state index is 0.212. The molecule has 26 heavy (non-hydrogen) atoms. The number of amides is 2.